The molecule has 6 aromatic rings. The van der Waals surface area contributed by atoms with Gasteiger partial charge in [-0.1, -0.05) is 24.0 Å². The molecule has 61 heavy (non-hydrogen) atoms. The molecule has 0 radical (unpaired) electrons. The van der Waals surface area contributed by atoms with Gasteiger partial charge in [-0.2, -0.15) is 0 Å². The minimum atomic E-state index is -0.0676. The summed E-state index contributed by atoms with van der Waals surface area (Å²) in [4.78, 5) is 62.6. The predicted molar refractivity (Wildman–Crippen MR) is 239 cm³/mol. The maximum Gasteiger partial charge on any atom is 0.261 e. The number of nitrogens with one attached hydrogen (secondary N) is 2. The zero-order valence-corrected chi connectivity index (χ0v) is 34.5. The highest BCUT2D eigenvalue weighted by atomic mass is 35.5. The van der Waals surface area contributed by atoms with Crippen LogP contribution in [0.3, 0.4) is 0 Å². The maximum atomic E-state index is 12.8. The number of pyridine rings is 2. The summed E-state index contributed by atoms with van der Waals surface area (Å²) in [7, 11) is 0. The predicted octanol–water partition coefficient (Wildman–Crippen LogP) is 3.01. The minimum Gasteiger partial charge on any atom is -0.356 e. The molecule has 1 saturated heterocycles. The lowest BCUT2D eigenvalue weighted by atomic mass is 10.1. The number of carbonyl (C=O) groups is 1. The number of guanidine groups is 1. The highest BCUT2D eigenvalue weighted by Gasteiger charge is 2.19. The molecule has 0 atom stereocenters. The van der Waals surface area contributed by atoms with Gasteiger partial charge in [0, 0.05) is 102 Å². The fourth-order valence-electron chi connectivity index (χ4n) is 7.39. The van der Waals surface area contributed by atoms with E-state index in [1.165, 1.54) is 25.9 Å². The van der Waals surface area contributed by atoms with Crippen LogP contribution in [0.25, 0.3) is 21.8 Å². The van der Waals surface area contributed by atoms with Crippen LogP contribution in [0.2, 0.25) is 0 Å². The third-order valence-electron chi connectivity index (χ3n) is 10.5. The maximum absolute atomic E-state index is 12.8. The van der Waals surface area contributed by atoms with E-state index in [-0.39, 0.29) is 23.5 Å². The number of benzene rings is 2. The first-order valence-corrected chi connectivity index (χ1v) is 20.4. The Labute approximate surface area is 359 Å². The van der Waals surface area contributed by atoms with E-state index >= 15 is 0 Å². The molecular weight excluding hydrogens is 790 g/mol. The second-order valence-electron chi connectivity index (χ2n) is 14.6. The lowest BCUT2D eigenvalue weighted by Gasteiger charge is -2.33. The Bertz CT molecular complexity index is 2790. The van der Waals surface area contributed by atoms with Gasteiger partial charge >= 0.3 is 0 Å². The molecule has 0 spiro atoms. The summed E-state index contributed by atoms with van der Waals surface area (Å²) in [6.45, 7) is 8.39. The first kappa shape index (κ1) is 42.3. The molecule has 4 aliphatic rings. The van der Waals surface area contributed by atoms with Gasteiger partial charge in [0.25, 0.3) is 11.1 Å². The molecule has 1 fully saturated rings. The van der Waals surface area contributed by atoms with Crippen molar-refractivity contribution < 1.29 is 4.79 Å². The largest absolute Gasteiger partial charge is 0.356 e. The molecule has 0 bridgehead atoms. The summed E-state index contributed by atoms with van der Waals surface area (Å²) in [5, 5.41) is 7.80. The van der Waals surface area contributed by atoms with Crippen molar-refractivity contribution in [1.29, 1.82) is 0 Å². The van der Waals surface area contributed by atoms with E-state index in [1.54, 1.807) is 32.5 Å². The van der Waals surface area contributed by atoms with Crippen LogP contribution in [-0.4, -0.2) is 104 Å². The molecule has 4 aliphatic heterocycles. The molecule has 0 saturated carbocycles. The van der Waals surface area contributed by atoms with Crippen molar-refractivity contribution in [3.05, 3.63) is 140 Å². The summed E-state index contributed by atoms with van der Waals surface area (Å²) >= 11 is 0. The van der Waals surface area contributed by atoms with Crippen molar-refractivity contribution in [2.45, 2.75) is 38.8 Å². The van der Waals surface area contributed by atoms with E-state index in [0.29, 0.717) is 65.9 Å². The number of rotatable bonds is 1. The number of amides is 1. The Kier molecular flexibility index (Phi) is 14.1. The lowest BCUT2D eigenvalue weighted by molar-refractivity contribution is -0.118. The van der Waals surface area contributed by atoms with Crippen molar-refractivity contribution in [1.82, 2.24) is 49.5 Å². The van der Waals surface area contributed by atoms with Gasteiger partial charge < -0.3 is 20.4 Å². The lowest BCUT2D eigenvalue weighted by Crippen LogP contribution is -2.49. The zero-order chi connectivity index (χ0) is 41.1. The molecular formula is C46H46ClN11O3. The van der Waals surface area contributed by atoms with Gasteiger partial charge in [0.15, 0.2) is 5.96 Å². The van der Waals surface area contributed by atoms with E-state index in [9.17, 15) is 14.4 Å². The van der Waals surface area contributed by atoms with E-state index in [4.69, 9.17) is 4.98 Å². The summed E-state index contributed by atoms with van der Waals surface area (Å²) in [5.74, 6) is 14.9. The fraction of sp³-hybridized carbons (Fsp3) is 0.304. The standard InChI is InChI=1S/C20H16N4O2.C19H16N4O.C7H13N3.ClH/c25-14-23-10-8-19-22-18-13-15(4-6-16-3-1-2-9-21-16)5-7-17(18)20(26)24(19)12-11-23;24-19-16-7-5-14(4-6-15-3-1-2-9-21-15)13-17(16)22-18-8-10-20-11-12-23(18)19;1-3-8-7-9-4-2-6-10(7)5-1;/h1-3,5,7,9,13-14H,8,10-12H2;1-3,5,7,9,13,20H,8,10-12H2;1-6H2,(H,8,9);1H. The normalized spacial score (nSPS) is 15.2. The summed E-state index contributed by atoms with van der Waals surface area (Å²) in [5.41, 5.74) is 4.33. The SMILES string of the molecule is C1CN=C2NCCCN2C1.Cl.O=CN1CCc2nc3cc(C#Cc4ccccn4)ccc3c(=O)n2CC1.O=c1c2ccc(C#Cc3ccccn3)cc2nc2n1CCNCC2. The quantitative estimate of drug-likeness (QED) is 0.187. The highest BCUT2D eigenvalue weighted by molar-refractivity contribution is 5.85. The first-order valence-electron chi connectivity index (χ1n) is 20.4. The number of fused-ring (bicyclic) bond motifs is 5. The number of hydrogen-bond donors (Lipinski definition) is 2. The van der Waals surface area contributed by atoms with Crippen molar-refractivity contribution in [2.75, 3.05) is 52.4 Å². The highest BCUT2D eigenvalue weighted by Crippen LogP contribution is 2.15. The Morgan fingerprint density at radius 2 is 1.25 bits per heavy atom. The number of carbonyl (C=O) groups excluding carboxylic acids is 1. The van der Waals surface area contributed by atoms with Gasteiger partial charge in [-0.15, -0.1) is 12.4 Å². The van der Waals surface area contributed by atoms with Crippen LogP contribution in [0.5, 0.6) is 0 Å². The number of aromatic nitrogens is 6. The molecule has 1 amide bonds. The molecule has 14 nitrogen and oxygen atoms in total. The van der Waals surface area contributed by atoms with E-state index < -0.39 is 0 Å². The summed E-state index contributed by atoms with van der Waals surface area (Å²) < 4.78 is 3.45. The van der Waals surface area contributed by atoms with Gasteiger partial charge in [0.1, 0.15) is 23.0 Å². The van der Waals surface area contributed by atoms with Crippen LogP contribution >= 0.6 is 12.4 Å². The molecule has 310 valence electrons. The van der Waals surface area contributed by atoms with E-state index in [1.807, 2.05) is 66.7 Å². The van der Waals surface area contributed by atoms with Crippen LogP contribution in [-0.2, 0) is 30.7 Å². The van der Waals surface area contributed by atoms with E-state index in [2.05, 4.69) is 59.2 Å². The molecule has 2 N–H and O–H groups in total. The molecule has 10 rings (SSSR count). The molecule has 2 aromatic carbocycles. The Morgan fingerprint density at radius 1 is 0.623 bits per heavy atom. The smallest absolute Gasteiger partial charge is 0.261 e. The second-order valence-corrected chi connectivity index (χ2v) is 14.6. The van der Waals surface area contributed by atoms with Crippen LogP contribution in [0.4, 0.5) is 0 Å². The summed E-state index contributed by atoms with van der Waals surface area (Å²) in [6, 6.07) is 22.2. The van der Waals surface area contributed by atoms with Crippen molar-refractivity contribution in [3.63, 3.8) is 0 Å². The monoisotopic (exact) mass is 835 g/mol. The third-order valence-corrected chi connectivity index (χ3v) is 10.5. The van der Waals surface area contributed by atoms with Crippen molar-refractivity contribution in [3.8, 4) is 23.7 Å². The van der Waals surface area contributed by atoms with Crippen molar-refractivity contribution >= 4 is 46.6 Å². The Balaban J connectivity index is 0.000000149. The number of hydrogen-bond acceptors (Lipinski definition) is 11. The van der Waals surface area contributed by atoms with Gasteiger partial charge in [-0.25, -0.2) is 19.9 Å². The average Bonchev–Trinajstić information content (AvgIpc) is 3.68. The molecule has 8 heterocycles. The fourth-order valence-corrected chi connectivity index (χ4v) is 7.39. The van der Waals surface area contributed by atoms with Gasteiger partial charge in [0.05, 0.1) is 21.8 Å². The average molecular weight is 836 g/mol. The van der Waals surface area contributed by atoms with Gasteiger partial charge in [0.2, 0.25) is 6.41 Å². The Morgan fingerprint density at radius 3 is 1.85 bits per heavy atom. The Hall–Kier alpha value is -6.87. The van der Waals surface area contributed by atoms with Crippen LogP contribution in [0.15, 0.2) is 99.8 Å². The molecule has 4 aromatic heterocycles. The first-order chi connectivity index (χ1) is 29.5. The number of nitrogens with zero attached hydrogens (tertiary/aromatic N) is 9. The second kappa shape index (κ2) is 20.4. The number of halogens is 1. The van der Waals surface area contributed by atoms with Crippen LogP contribution in [0, 0.1) is 23.7 Å². The number of aliphatic imine (C=N–C) groups is 1. The zero-order valence-electron chi connectivity index (χ0n) is 33.7. The van der Waals surface area contributed by atoms with Crippen molar-refractivity contribution in [2.24, 2.45) is 4.99 Å². The topological polar surface area (TPSA) is 156 Å². The minimum absolute atomic E-state index is 0. The van der Waals surface area contributed by atoms with Gasteiger partial charge in [-0.05, 0) is 85.3 Å². The molecule has 0 aliphatic carbocycles. The molecule has 0 unspecified atom stereocenters. The van der Waals surface area contributed by atoms with E-state index in [0.717, 1.165) is 67.6 Å². The summed E-state index contributed by atoms with van der Waals surface area (Å²) in [6.07, 6.45) is 8.05. The molecule has 15 heteroatoms. The third kappa shape index (κ3) is 10.5. The van der Waals surface area contributed by atoms with Crippen LogP contribution in [0.1, 0.15) is 47.0 Å². The van der Waals surface area contributed by atoms with Gasteiger partial charge in [-0.3, -0.25) is 28.5 Å². The van der Waals surface area contributed by atoms with Crippen LogP contribution < -0.4 is 21.8 Å².